The standard InChI is InChI=1S/C7H6BrF/c8-6-2-1-3-7(9)5-4-6/h1-2,4-5H,3H2. The van der Waals surface area contributed by atoms with Gasteiger partial charge in [0.15, 0.2) is 0 Å². The summed E-state index contributed by atoms with van der Waals surface area (Å²) in [6.45, 7) is 0. The molecule has 0 unspecified atom stereocenters. The SMILES string of the molecule is FC1=CC=C(Br)C=CC1. The maximum absolute atomic E-state index is 12.4. The molecule has 0 aromatic rings. The van der Waals surface area contributed by atoms with Crippen molar-refractivity contribution in [1.29, 1.82) is 0 Å². The predicted molar refractivity (Wildman–Crippen MR) is 40.0 cm³/mol. The maximum Gasteiger partial charge on any atom is 0.104 e. The van der Waals surface area contributed by atoms with E-state index in [2.05, 4.69) is 15.9 Å². The van der Waals surface area contributed by atoms with Crippen LogP contribution in [0.5, 0.6) is 0 Å². The molecule has 0 radical (unpaired) electrons. The summed E-state index contributed by atoms with van der Waals surface area (Å²) in [6, 6.07) is 0. The predicted octanol–water partition coefficient (Wildman–Crippen LogP) is 3.08. The van der Waals surface area contributed by atoms with Gasteiger partial charge < -0.3 is 0 Å². The summed E-state index contributed by atoms with van der Waals surface area (Å²) in [4.78, 5) is 0. The van der Waals surface area contributed by atoms with Gasteiger partial charge in [-0.1, -0.05) is 28.1 Å². The molecule has 1 rings (SSSR count). The van der Waals surface area contributed by atoms with Crippen molar-refractivity contribution in [3.63, 3.8) is 0 Å². The van der Waals surface area contributed by atoms with E-state index in [1.807, 2.05) is 6.08 Å². The van der Waals surface area contributed by atoms with Crippen LogP contribution in [0.25, 0.3) is 0 Å². The van der Waals surface area contributed by atoms with E-state index in [4.69, 9.17) is 0 Å². The highest BCUT2D eigenvalue weighted by molar-refractivity contribution is 9.11. The summed E-state index contributed by atoms with van der Waals surface area (Å²) >= 11 is 3.23. The van der Waals surface area contributed by atoms with Crippen molar-refractivity contribution >= 4 is 15.9 Å². The van der Waals surface area contributed by atoms with Crippen LogP contribution in [-0.2, 0) is 0 Å². The Morgan fingerprint density at radius 1 is 1.44 bits per heavy atom. The summed E-state index contributed by atoms with van der Waals surface area (Å²) in [5.41, 5.74) is 0. The topological polar surface area (TPSA) is 0 Å². The minimum Gasteiger partial charge on any atom is -0.211 e. The van der Waals surface area contributed by atoms with E-state index >= 15 is 0 Å². The molecule has 0 fully saturated rings. The van der Waals surface area contributed by atoms with Crippen LogP contribution >= 0.6 is 15.9 Å². The maximum atomic E-state index is 12.4. The average molecular weight is 189 g/mol. The molecule has 2 heteroatoms. The number of halogens is 2. The summed E-state index contributed by atoms with van der Waals surface area (Å²) in [5, 5.41) is 0. The highest BCUT2D eigenvalue weighted by Crippen LogP contribution is 2.15. The summed E-state index contributed by atoms with van der Waals surface area (Å²) in [6.07, 6.45) is 7.18. The van der Waals surface area contributed by atoms with Gasteiger partial charge in [0.05, 0.1) is 0 Å². The molecule has 1 aliphatic rings. The molecular formula is C7H6BrF. The van der Waals surface area contributed by atoms with Gasteiger partial charge in [0.2, 0.25) is 0 Å². The molecule has 0 bridgehead atoms. The van der Waals surface area contributed by atoms with E-state index in [9.17, 15) is 4.39 Å². The van der Waals surface area contributed by atoms with Crippen LogP contribution in [0.15, 0.2) is 34.6 Å². The first kappa shape index (κ1) is 6.75. The fourth-order valence-electron chi connectivity index (χ4n) is 0.578. The normalized spacial score (nSPS) is 18.4. The van der Waals surface area contributed by atoms with E-state index in [1.165, 1.54) is 6.08 Å². The van der Waals surface area contributed by atoms with E-state index in [1.54, 1.807) is 12.2 Å². The monoisotopic (exact) mass is 188 g/mol. The Bertz CT molecular complexity index is 189. The molecule has 0 saturated carbocycles. The van der Waals surface area contributed by atoms with Crippen LogP contribution in [-0.4, -0.2) is 0 Å². The molecule has 0 aromatic carbocycles. The Balaban J connectivity index is 2.80. The molecule has 48 valence electrons. The van der Waals surface area contributed by atoms with Crippen LogP contribution < -0.4 is 0 Å². The van der Waals surface area contributed by atoms with Gasteiger partial charge in [0.1, 0.15) is 5.83 Å². The molecule has 0 N–H and O–H groups in total. The second kappa shape index (κ2) is 2.97. The van der Waals surface area contributed by atoms with E-state index in [0.29, 0.717) is 6.42 Å². The largest absolute Gasteiger partial charge is 0.211 e. The van der Waals surface area contributed by atoms with Crippen LogP contribution in [0.1, 0.15) is 6.42 Å². The Labute approximate surface area is 61.9 Å². The fourth-order valence-corrected chi connectivity index (χ4v) is 0.897. The van der Waals surface area contributed by atoms with Gasteiger partial charge in [-0.2, -0.15) is 0 Å². The first-order valence-electron chi connectivity index (χ1n) is 2.67. The number of rotatable bonds is 0. The average Bonchev–Trinajstić information content (AvgIpc) is 1.97. The van der Waals surface area contributed by atoms with Crippen molar-refractivity contribution < 1.29 is 4.39 Å². The van der Waals surface area contributed by atoms with Crippen molar-refractivity contribution in [3.05, 3.63) is 34.6 Å². The van der Waals surface area contributed by atoms with Gasteiger partial charge in [-0.3, -0.25) is 0 Å². The van der Waals surface area contributed by atoms with Crippen molar-refractivity contribution in [2.75, 3.05) is 0 Å². The zero-order valence-corrected chi connectivity index (χ0v) is 6.36. The second-order valence-electron chi connectivity index (χ2n) is 1.77. The molecule has 0 atom stereocenters. The van der Waals surface area contributed by atoms with E-state index in [-0.39, 0.29) is 5.83 Å². The quantitative estimate of drug-likeness (QED) is 0.549. The summed E-state index contributed by atoms with van der Waals surface area (Å²) < 4.78 is 13.3. The van der Waals surface area contributed by atoms with Crippen LogP contribution in [0.3, 0.4) is 0 Å². The molecule has 0 heterocycles. The minimum atomic E-state index is -0.0966. The number of allylic oxidation sites excluding steroid dienone is 6. The van der Waals surface area contributed by atoms with Crippen molar-refractivity contribution in [1.82, 2.24) is 0 Å². The lowest BCUT2D eigenvalue weighted by Crippen LogP contribution is -1.63. The molecule has 9 heavy (non-hydrogen) atoms. The Morgan fingerprint density at radius 2 is 2.22 bits per heavy atom. The lowest BCUT2D eigenvalue weighted by Gasteiger charge is -1.81. The van der Waals surface area contributed by atoms with Gasteiger partial charge in [-0.25, -0.2) is 4.39 Å². The lowest BCUT2D eigenvalue weighted by atomic mass is 10.3. The molecule has 0 aliphatic heterocycles. The van der Waals surface area contributed by atoms with Gasteiger partial charge in [0, 0.05) is 10.9 Å². The molecule has 0 nitrogen and oxygen atoms in total. The van der Waals surface area contributed by atoms with Gasteiger partial charge in [-0.15, -0.1) is 0 Å². The van der Waals surface area contributed by atoms with Gasteiger partial charge in [0.25, 0.3) is 0 Å². The minimum absolute atomic E-state index is 0.0966. The number of hydrogen-bond donors (Lipinski definition) is 0. The van der Waals surface area contributed by atoms with Crippen LogP contribution in [0.2, 0.25) is 0 Å². The molecule has 0 spiro atoms. The lowest BCUT2D eigenvalue weighted by molar-refractivity contribution is 0.618. The third-order valence-electron chi connectivity index (χ3n) is 1.01. The van der Waals surface area contributed by atoms with E-state index < -0.39 is 0 Å². The fraction of sp³-hybridized carbons (Fsp3) is 0.143. The first-order chi connectivity index (χ1) is 4.29. The highest BCUT2D eigenvalue weighted by atomic mass is 79.9. The molecular weight excluding hydrogens is 183 g/mol. The zero-order chi connectivity index (χ0) is 6.69. The van der Waals surface area contributed by atoms with Crippen molar-refractivity contribution in [3.8, 4) is 0 Å². The second-order valence-corrected chi connectivity index (χ2v) is 2.69. The van der Waals surface area contributed by atoms with Gasteiger partial charge in [-0.05, 0) is 12.2 Å². The molecule has 0 amide bonds. The Kier molecular flexibility index (Phi) is 2.22. The molecule has 0 saturated heterocycles. The summed E-state index contributed by atoms with van der Waals surface area (Å²) in [5.74, 6) is -0.0966. The molecule has 1 aliphatic carbocycles. The third-order valence-corrected chi connectivity index (χ3v) is 1.54. The van der Waals surface area contributed by atoms with Crippen molar-refractivity contribution in [2.45, 2.75) is 6.42 Å². The van der Waals surface area contributed by atoms with Crippen LogP contribution in [0.4, 0.5) is 4.39 Å². The van der Waals surface area contributed by atoms with Gasteiger partial charge >= 0.3 is 0 Å². The smallest absolute Gasteiger partial charge is 0.104 e. The number of hydrogen-bond acceptors (Lipinski definition) is 0. The Morgan fingerprint density at radius 3 is 3.00 bits per heavy atom. The van der Waals surface area contributed by atoms with E-state index in [0.717, 1.165) is 4.48 Å². The van der Waals surface area contributed by atoms with Crippen molar-refractivity contribution in [2.24, 2.45) is 0 Å². The Hall–Kier alpha value is -0.370. The van der Waals surface area contributed by atoms with Crippen LogP contribution in [0, 0.1) is 0 Å². The first-order valence-corrected chi connectivity index (χ1v) is 3.47. The molecule has 0 aromatic heterocycles. The summed E-state index contributed by atoms with van der Waals surface area (Å²) in [7, 11) is 0. The zero-order valence-electron chi connectivity index (χ0n) is 4.77. The highest BCUT2D eigenvalue weighted by Gasteiger charge is 1.93. The third kappa shape index (κ3) is 2.14.